The number of nitrogens with zero attached hydrogens (tertiary/aromatic N) is 2. The average molecular weight is 252 g/mol. The van der Waals surface area contributed by atoms with Gasteiger partial charge < -0.3 is 4.74 Å². The van der Waals surface area contributed by atoms with Crippen LogP contribution in [0.1, 0.15) is 72.8 Å². The summed E-state index contributed by atoms with van der Waals surface area (Å²) in [6.45, 7) is 17.7. The van der Waals surface area contributed by atoms with Crippen LogP contribution in [0.25, 0.3) is 0 Å². The molecule has 0 aliphatic heterocycles. The van der Waals surface area contributed by atoms with Gasteiger partial charge in [-0.25, -0.2) is 0 Å². The highest BCUT2D eigenvalue weighted by Crippen LogP contribution is 2.38. The summed E-state index contributed by atoms with van der Waals surface area (Å²) in [5.74, 6) is 0. The van der Waals surface area contributed by atoms with Gasteiger partial charge in [-0.05, 0) is 13.8 Å². The van der Waals surface area contributed by atoms with E-state index in [2.05, 4.69) is 60.0 Å². The third kappa shape index (κ3) is 2.70. The van der Waals surface area contributed by atoms with Crippen LogP contribution in [0.3, 0.4) is 0 Å². The Kier molecular flexibility index (Phi) is 3.85. The third-order valence-corrected chi connectivity index (χ3v) is 3.00. The second-order valence-corrected chi connectivity index (χ2v) is 7.26. The molecule has 0 N–H and O–H groups in total. The lowest BCUT2D eigenvalue weighted by Crippen LogP contribution is -2.25. The van der Waals surface area contributed by atoms with Gasteiger partial charge in [-0.1, -0.05) is 41.5 Å². The number of methoxy groups -OCH3 is 1. The van der Waals surface area contributed by atoms with Gasteiger partial charge in [0.2, 0.25) is 0 Å². The van der Waals surface area contributed by atoms with Gasteiger partial charge in [0, 0.05) is 16.9 Å². The fourth-order valence-corrected chi connectivity index (χ4v) is 2.27. The molecule has 0 saturated heterocycles. The van der Waals surface area contributed by atoms with E-state index in [0.29, 0.717) is 6.04 Å². The summed E-state index contributed by atoms with van der Waals surface area (Å²) >= 11 is 0. The second kappa shape index (κ2) is 4.60. The lowest BCUT2D eigenvalue weighted by molar-refractivity contribution is 0.336. The Morgan fingerprint density at radius 1 is 1.00 bits per heavy atom. The minimum absolute atomic E-state index is 0.0238. The maximum Gasteiger partial charge on any atom is 0.296 e. The van der Waals surface area contributed by atoms with Crippen LogP contribution >= 0.6 is 0 Å². The van der Waals surface area contributed by atoms with Gasteiger partial charge in [0.1, 0.15) is 0 Å². The van der Waals surface area contributed by atoms with Gasteiger partial charge in [-0.2, -0.15) is 4.98 Å². The fraction of sp³-hybridized carbons (Fsp3) is 0.800. The molecule has 0 aliphatic carbocycles. The van der Waals surface area contributed by atoms with Crippen molar-refractivity contribution in [1.82, 2.24) is 9.55 Å². The molecule has 1 aromatic rings. The molecule has 0 radical (unpaired) electrons. The minimum atomic E-state index is 0.0238. The van der Waals surface area contributed by atoms with E-state index in [0.717, 1.165) is 11.7 Å². The molecule has 0 amide bonds. The molecule has 1 heterocycles. The van der Waals surface area contributed by atoms with Crippen LogP contribution in [0.4, 0.5) is 0 Å². The highest BCUT2D eigenvalue weighted by molar-refractivity contribution is 5.32. The minimum Gasteiger partial charge on any atom is -0.468 e. The zero-order valence-electron chi connectivity index (χ0n) is 13.4. The summed E-state index contributed by atoms with van der Waals surface area (Å²) < 4.78 is 7.69. The molecule has 0 fully saturated rings. The number of hydrogen-bond acceptors (Lipinski definition) is 2. The first-order chi connectivity index (χ1) is 8.00. The Morgan fingerprint density at radius 3 is 1.78 bits per heavy atom. The summed E-state index contributed by atoms with van der Waals surface area (Å²) in [4.78, 5) is 4.73. The Labute approximate surface area is 112 Å². The topological polar surface area (TPSA) is 27.1 Å². The monoisotopic (exact) mass is 252 g/mol. The van der Waals surface area contributed by atoms with Gasteiger partial charge in [0.25, 0.3) is 6.01 Å². The molecule has 0 aromatic carbocycles. The van der Waals surface area contributed by atoms with Crippen LogP contribution in [0, 0.1) is 0 Å². The molecule has 0 spiro atoms. The molecule has 18 heavy (non-hydrogen) atoms. The summed E-state index contributed by atoms with van der Waals surface area (Å²) in [5, 5.41) is 0. The van der Waals surface area contributed by atoms with Gasteiger partial charge in [0.05, 0.1) is 18.5 Å². The molecule has 1 aromatic heterocycles. The Balaban J connectivity index is 3.64. The normalized spacial score (nSPS) is 13.2. The predicted molar refractivity (Wildman–Crippen MR) is 76.6 cm³/mol. The number of aromatic nitrogens is 2. The molecule has 0 bridgehead atoms. The van der Waals surface area contributed by atoms with Crippen LogP contribution in [0.2, 0.25) is 0 Å². The standard InChI is InChI=1S/C15H28N2O/c1-10(2)17-12(15(6,7)8)11(14(3,4)5)16-13(17)18-9/h10H,1-9H3. The van der Waals surface area contributed by atoms with Crippen molar-refractivity contribution in [3.63, 3.8) is 0 Å². The van der Waals surface area contributed by atoms with Crippen LogP contribution < -0.4 is 4.74 Å². The summed E-state index contributed by atoms with van der Waals surface area (Å²) in [6, 6.07) is 1.07. The quantitative estimate of drug-likeness (QED) is 0.793. The fourth-order valence-electron chi connectivity index (χ4n) is 2.27. The number of hydrogen-bond donors (Lipinski definition) is 0. The van der Waals surface area contributed by atoms with Crippen molar-refractivity contribution in [3.8, 4) is 6.01 Å². The van der Waals surface area contributed by atoms with E-state index >= 15 is 0 Å². The Bertz CT molecular complexity index is 417. The molecule has 3 nitrogen and oxygen atoms in total. The number of imidazole rings is 1. The molecule has 3 heteroatoms. The van der Waals surface area contributed by atoms with Crippen LogP contribution in [0.15, 0.2) is 0 Å². The van der Waals surface area contributed by atoms with Crippen molar-refractivity contribution in [2.45, 2.75) is 72.3 Å². The van der Waals surface area contributed by atoms with Crippen molar-refractivity contribution in [1.29, 1.82) is 0 Å². The van der Waals surface area contributed by atoms with Crippen molar-refractivity contribution in [3.05, 3.63) is 11.4 Å². The summed E-state index contributed by atoms with van der Waals surface area (Å²) in [5.41, 5.74) is 2.49. The van der Waals surface area contributed by atoms with Crippen LogP contribution in [-0.2, 0) is 10.8 Å². The molecule has 0 atom stereocenters. The molecule has 1 rings (SSSR count). The zero-order valence-corrected chi connectivity index (χ0v) is 13.4. The van der Waals surface area contributed by atoms with Gasteiger partial charge in [0.15, 0.2) is 0 Å². The highest BCUT2D eigenvalue weighted by Gasteiger charge is 2.33. The summed E-state index contributed by atoms with van der Waals surface area (Å²) in [7, 11) is 1.69. The maximum atomic E-state index is 5.47. The molecular formula is C15H28N2O. The molecule has 0 saturated carbocycles. The van der Waals surface area contributed by atoms with Gasteiger partial charge >= 0.3 is 0 Å². The van der Waals surface area contributed by atoms with Gasteiger partial charge in [-0.15, -0.1) is 0 Å². The first kappa shape index (κ1) is 15.1. The van der Waals surface area contributed by atoms with Crippen molar-refractivity contribution < 1.29 is 4.74 Å². The van der Waals surface area contributed by atoms with E-state index in [1.165, 1.54) is 5.69 Å². The molecular weight excluding hydrogens is 224 g/mol. The smallest absolute Gasteiger partial charge is 0.296 e. The average Bonchev–Trinajstić information content (AvgIpc) is 2.54. The first-order valence-corrected chi connectivity index (χ1v) is 6.67. The lowest BCUT2D eigenvalue weighted by atomic mass is 9.82. The van der Waals surface area contributed by atoms with E-state index < -0.39 is 0 Å². The van der Waals surface area contributed by atoms with Crippen LogP contribution in [-0.4, -0.2) is 16.7 Å². The SMILES string of the molecule is COc1nc(C(C)(C)C)c(C(C)(C)C)n1C(C)C. The first-order valence-electron chi connectivity index (χ1n) is 6.67. The number of ether oxygens (including phenoxy) is 1. The third-order valence-electron chi connectivity index (χ3n) is 3.00. The van der Waals surface area contributed by atoms with Crippen molar-refractivity contribution >= 4 is 0 Å². The number of rotatable bonds is 2. The molecule has 104 valence electrons. The molecule has 0 aliphatic rings. The largest absolute Gasteiger partial charge is 0.468 e. The van der Waals surface area contributed by atoms with Crippen LogP contribution in [0.5, 0.6) is 6.01 Å². The van der Waals surface area contributed by atoms with Crippen molar-refractivity contribution in [2.75, 3.05) is 7.11 Å². The predicted octanol–water partition coefficient (Wildman–Crippen LogP) is 4.07. The summed E-state index contributed by atoms with van der Waals surface area (Å²) in [6.07, 6.45) is 0. The van der Waals surface area contributed by atoms with E-state index in [1.807, 2.05) is 0 Å². The lowest BCUT2D eigenvalue weighted by Gasteiger charge is -2.28. The second-order valence-electron chi connectivity index (χ2n) is 7.26. The van der Waals surface area contributed by atoms with Gasteiger partial charge in [-0.3, -0.25) is 4.57 Å². The highest BCUT2D eigenvalue weighted by atomic mass is 16.5. The maximum absolute atomic E-state index is 5.47. The Hall–Kier alpha value is -0.990. The Morgan fingerprint density at radius 2 is 1.50 bits per heavy atom. The van der Waals surface area contributed by atoms with E-state index in [4.69, 9.17) is 9.72 Å². The van der Waals surface area contributed by atoms with Crippen molar-refractivity contribution in [2.24, 2.45) is 0 Å². The zero-order chi connectivity index (χ0) is 14.3. The molecule has 0 unspecified atom stereocenters. The van der Waals surface area contributed by atoms with E-state index in [-0.39, 0.29) is 10.8 Å². The van der Waals surface area contributed by atoms with E-state index in [9.17, 15) is 0 Å². The van der Waals surface area contributed by atoms with E-state index in [1.54, 1.807) is 7.11 Å².